The van der Waals surface area contributed by atoms with Crippen molar-refractivity contribution in [2.24, 2.45) is 0 Å². The van der Waals surface area contributed by atoms with E-state index in [9.17, 15) is 4.79 Å². The summed E-state index contributed by atoms with van der Waals surface area (Å²) < 4.78 is 11.3. The second kappa shape index (κ2) is 5.61. The van der Waals surface area contributed by atoms with Crippen molar-refractivity contribution in [2.45, 2.75) is 31.5 Å². The van der Waals surface area contributed by atoms with E-state index >= 15 is 0 Å². The van der Waals surface area contributed by atoms with Crippen LogP contribution in [0.25, 0.3) is 0 Å². The third-order valence-corrected chi connectivity index (χ3v) is 3.71. The highest BCUT2D eigenvalue weighted by Gasteiger charge is 2.33. The van der Waals surface area contributed by atoms with Gasteiger partial charge in [-0.15, -0.1) is 0 Å². The Balaban J connectivity index is 1.53. The maximum Gasteiger partial charge on any atom is 0.251 e. The van der Waals surface area contributed by atoms with Gasteiger partial charge in [0, 0.05) is 19.6 Å². The highest BCUT2D eigenvalue weighted by molar-refractivity contribution is 5.81. The second-order valence-electron chi connectivity index (χ2n) is 5.13. The fourth-order valence-electron chi connectivity index (χ4n) is 2.69. The van der Waals surface area contributed by atoms with Crippen LogP contribution in [-0.4, -0.2) is 42.7 Å². The molecule has 2 saturated heterocycles. The lowest BCUT2D eigenvalue weighted by Crippen LogP contribution is -2.38. The molecular formula is C15H19NO3. The zero-order valence-electron chi connectivity index (χ0n) is 11.0. The van der Waals surface area contributed by atoms with Crippen LogP contribution in [0.3, 0.4) is 0 Å². The van der Waals surface area contributed by atoms with Crippen molar-refractivity contribution in [2.75, 3.05) is 19.7 Å². The number of nitrogens with zero attached hydrogens (tertiary/aromatic N) is 1. The summed E-state index contributed by atoms with van der Waals surface area (Å²) in [6, 6.07) is 9.78. The van der Waals surface area contributed by atoms with Crippen molar-refractivity contribution < 1.29 is 14.3 Å². The molecule has 19 heavy (non-hydrogen) atoms. The van der Waals surface area contributed by atoms with Crippen LogP contribution >= 0.6 is 0 Å². The molecule has 0 unspecified atom stereocenters. The van der Waals surface area contributed by atoms with Gasteiger partial charge >= 0.3 is 0 Å². The number of hydrogen-bond acceptors (Lipinski definition) is 3. The van der Waals surface area contributed by atoms with E-state index in [-0.39, 0.29) is 18.1 Å². The third kappa shape index (κ3) is 2.89. The molecule has 0 aromatic heterocycles. The van der Waals surface area contributed by atoms with Crippen LogP contribution in [0.4, 0.5) is 0 Å². The molecule has 1 aromatic carbocycles. The quantitative estimate of drug-likeness (QED) is 0.833. The highest BCUT2D eigenvalue weighted by atomic mass is 16.5. The minimum Gasteiger partial charge on any atom is -0.489 e. The van der Waals surface area contributed by atoms with Crippen molar-refractivity contribution in [3.63, 3.8) is 0 Å². The van der Waals surface area contributed by atoms with Crippen molar-refractivity contribution in [1.82, 2.24) is 4.90 Å². The zero-order valence-corrected chi connectivity index (χ0v) is 11.0. The number of benzene rings is 1. The van der Waals surface area contributed by atoms with E-state index in [2.05, 4.69) is 0 Å². The SMILES string of the molecule is O=C([C@@H]1CCCO1)N1CC[C@H](Oc2ccccc2)C1. The van der Waals surface area contributed by atoms with Gasteiger partial charge in [-0.3, -0.25) is 4.79 Å². The van der Waals surface area contributed by atoms with Crippen molar-refractivity contribution in [3.05, 3.63) is 30.3 Å². The average molecular weight is 261 g/mol. The molecular weight excluding hydrogens is 242 g/mol. The first-order chi connectivity index (χ1) is 9.33. The smallest absolute Gasteiger partial charge is 0.251 e. The Morgan fingerprint density at radius 3 is 2.84 bits per heavy atom. The van der Waals surface area contributed by atoms with Gasteiger partial charge in [0.05, 0.1) is 6.54 Å². The molecule has 0 bridgehead atoms. The molecule has 2 atom stereocenters. The summed E-state index contributed by atoms with van der Waals surface area (Å²) in [5, 5.41) is 0. The molecule has 1 amide bonds. The fraction of sp³-hybridized carbons (Fsp3) is 0.533. The summed E-state index contributed by atoms with van der Waals surface area (Å²) in [7, 11) is 0. The van der Waals surface area contributed by atoms with Gasteiger partial charge in [0.25, 0.3) is 5.91 Å². The molecule has 2 heterocycles. The molecule has 0 radical (unpaired) electrons. The van der Waals surface area contributed by atoms with E-state index in [0.29, 0.717) is 13.2 Å². The van der Waals surface area contributed by atoms with Gasteiger partial charge in [-0.05, 0) is 25.0 Å². The van der Waals surface area contributed by atoms with Gasteiger partial charge in [0.2, 0.25) is 0 Å². The molecule has 1 aromatic rings. The Kier molecular flexibility index (Phi) is 3.69. The molecule has 0 N–H and O–H groups in total. The molecule has 3 rings (SSSR count). The van der Waals surface area contributed by atoms with E-state index in [0.717, 1.165) is 31.6 Å². The van der Waals surface area contributed by atoms with Gasteiger partial charge in [0.1, 0.15) is 18.0 Å². The molecule has 2 aliphatic rings. The van der Waals surface area contributed by atoms with Crippen LogP contribution < -0.4 is 4.74 Å². The fourth-order valence-corrected chi connectivity index (χ4v) is 2.69. The zero-order chi connectivity index (χ0) is 13.1. The van der Waals surface area contributed by atoms with Gasteiger partial charge < -0.3 is 14.4 Å². The topological polar surface area (TPSA) is 38.8 Å². The van der Waals surface area contributed by atoms with Crippen molar-refractivity contribution in [1.29, 1.82) is 0 Å². The normalized spacial score (nSPS) is 26.6. The second-order valence-corrected chi connectivity index (χ2v) is 5.13. The lowest BCUT2D eigenvalue weighted by atomic mass is 10.2. The minimum atomic E-state index is -0.213. The van der Waals surface area contributed by atoms with Crippen molar-refractivity contribution in [3.8, 4) is 5.75 Å². The lowest BCUT2D eigenvalue weighted by molar-refractivity contribution is -0.140. The largest absolute Gasteiger partial charge is 0.489 e. The summed E-state index contributed by atoms with van der Waals surface area (Å²) in [6.45, 7) is 2.16. The lowest BCUT2D eigenvalue weighted by Gasteiger charge is -2.20. The Bertz CT molecular complexity index is 428. The van der Waals surface area contributed by atoms with Gasteiger partial charge in [-0.1, -0.05) is 18.2 Å². The van der Waals surface area contributed by atoms with Gasteiger partial charge in [-0.25, -0.2) is 0 Å². The molecule has 0 spiro atoms. The maximum atomic E-state index is 12.2. The first kappa shape index (κ1) is 12.5. The van der Waals surface area contributed by atoms with E-state index in [4.69, 9.17) is 9.47 Å². The first-order valence-electron chi connectivity index (χ1n) is 6.95. The Labute approximate surface area is 113 Å². The number of para-hydroxylation sites is 1. The number of ether oxygens (including phenoxy) is 2. The van der Waals surface area contributed by atoms with Gasteiger partial charge in [0.15, 0.2) is 0 Å². The van der Waals surface area contributed by atoms with Crippen LogP contribution in [0.5, 0.6) is 5.75 Å². The van der Waals surface area contributed by atoms with Crippen LogP contribution in [0.15, 0.2) is 30.3 Å². The average Bonchev–Trinajstić information content (AvgIpc) is 3.10. The number of likely N-dealkylation sites (tertiary alicyclic amines) is 1. The number of hydrogen-bond donors (Lipinski definition) is 0. The summed E-state index contributed by atoms with van der Waals surface area (Å²) in [6.07, 6.45) is 2.64. The van der Waals surface area contributed by atoms with E-state index < -0.39 is 0 Å². The summed E-state index contributed by atoms with van der Waals surface area (Å²) in [4.78, 5) is 14.1. The molecule has 2 aliphatic heterocycles. The molecule has 4 heteroatoms. The van der Waals surface area contributed by atoms with Crippen molar-refractivity contribution >= 4 is 5.91 Å². The predicted molar refractivity (Wildman–Crippen MR) is 71.0 cm³/mol. The standard InChI is InChI=1S/C15H19NO3/c17-15(14-7-4-10-18-14)16-9-8-13(11-16)19-12-5-2-1-3-6-12/h1-3,5-6,13-14H,4,7-11H2/t13-,14-/m0/s1. The summed E-state index contributed by atoms with van der Waals surface area (Å²) in [5.41, 5.74) is 0. The number of rotatable bonds is 3. The minimum absolute atomic E-state index is 0.104. The summed E-state index contributed by atoms with van der Waals surface area (Å²) in [5.74, 6) is 1.01. The maximum absolute atomic E-state index is 12.2. The Morgan fingerprint density at radius 1 is 1.26 bits per heavy atom. The van der Waals surface area contributed by atoms with Gasteiger partial charge in [-0.2, -0.15) is 0 Å². The van der Waals surface area contributed by atoms with E-state index in [1.165, 1.54) is 0 Å². The Hall–Kier alpha value is -1.55. The molecule has 102 valence electrons. The first-order valence-corrected chi connectivity index (χ1v) is 6.95. The summed E-state index contributed by atoms with van der Waals surface area (Å²) >= 11 is 0. The highest BCUT2D eigenvalue weighted by Crippen LogP contribution is 2.21. The third-order valence-electron chi connectivity index (χ3n) is 3.71. The molecule has 2 fully saturated rings. The number of amides is 1. The van der Waals surface area contributed by atoms with E-state index in [1.54, 1.807) is 0 Å². The number of carbonyl (C=O) groups is 1. The van der Waals surface area contributed by atoms with Crippen LogP contribution in [0.1, 0.15) is 19.3 Å². The van der Waals surface area contributed by atoms with Crippen LogP contribution in [0, 0.1) is 0 Å². The van der Waals surface area contributed by atoms with E-state index in [1.807, 2.05) is 35.2 Å². The number of carbonyl (C=O) groups excluding carboxylic acids is 1. The predicted octanol–water partition coefficient (Wildman–Crippen LogP) is 1.85. The molecule has 0 aliphatic carbocycles. The van der Waals surface area contributed by atoms with Crippen LogP contribution in [0.2, 0.25) is 0 Å². The molecule has 0 saturated carbocycles. The molecule has 4 nitrogen and oxygen atoms in total. The van der Waals surface area contributed by atoms with Crippen LogP contribution in [-0.2, 0) is 9.53 Å². The monoisotopic (exact) mass is 261 g/mol. The Morgan fingerprint density at radius 2 is 2.11 bits per heavy atom.